The van der Waals surface area contributed by atoms with Crippen LogP contribution < -0.4 is 5.32 Å². The van der Waals surface area contributed by atoms with Crippen LogP contribution in [0.3, 0.4) is 0 Å². The second-order valence-electron chi connectivity index (χ2n) is 7.60. The summed E-state index contributed by atoms with van der Waals surface area (Å²) >= 11 is 0. The van der Waals surface area contributed by atoms with Crippen molar-refractivity contribution in [1.82, 2.24) is 10.2 Å². The number of amides is 2. The molecule has 1 aliphatic rings. The minimum absolute atomic E-state index is 0.0706. The minimum atomic E-state index is -0.511. The lowest BCUT2D eigenvalue weighted by Gasteiger charge is -2.28. The number of hydrogen-bond donors (Lipinski definition) is 1. The molecule has 1 saturated carbocycles. The van der Waals surface area contributed by atoms with E-state index >= 15 is 0 Å². The first-order valence-electron chi connectivity index (χ1n) is 8.34. The van der Waals surface area contributed by atoms with Gasteiger partial charge in [-0.25, -0.2) is 4.79 Å². The number of rotatable bonds is 5. The number of nitrogens with zero attached hydrogens (tertiary/aromatic N) is 1. The van der Waals surface area contributed by atoms with Crippen molar-refractivity contribution in [2.45, 2.75) is 71.9 Å². The van der Waals surface area contributed by atoms with Crippen LogP contribution in [0.2, 0.25) is 0 Å². The predicted molar refractivity (Wildman–Crippen MR) is 87.6 cm³/mol. The van der Waals surface area contributed by atoms with Gasteiger partial charge in [-0.2, -0.15) is 0 Å². The van der Waals surface area contributed by atoms with Crippen molar-refractivity contribution < 1.29 is 14.3 Å². The Kier molecular flexibility index (Phi) is 6.69. The number of nitrogens with one attached hydrogen (secondary N) is 1. The van der Waals surface area contributed by atoms with E-state index in [-0.39, 0.29) is 17.9 Å². The standard InChI is InChI=1S/C17H32N2O3/c1-12(18-16(21)22-17(3,4)5)11-19(6)15(20)13(2)14-9-7-8-10-14/h12-14H,7-11H2,1-6H3,(H,18,21). The van der Waals surface area contributed by atoms with Gasteiger partial charge in [-0.05, 0) is 46.5 Å². The van der Waals surface area contributed by atoms with Crippen molar-refractivity contribution in [2.75, 3.05) is 13.6 Å². The Bertz CT molecular complexity index is 384. The number of hydrogen-bond acceptors (Lipinski definition) is 3. The highest BCUT2D eigenvalue weighted by Crippen LogP contribution is 2.31. The molecule has 0 aromatic carbocycles. The number of likely N-dealkylation sites (N-methyl/N-ethyl adjacent to an activating group) is 1. The van der Waals surface area contributed by atoms with E-state index in [0.29, 0.717) is 12.5 Å². The second kappa shape index (κ2) is 7.84. The Morgan fingerprint density at radius 2 is 1.77 bits per heavy atom. The monoisotopic (exact) mass is 312 g/mol. The highest BCUT2D eigenvalue weighted by molar-refractivity contribution is 5.78. The van der Waals surface area contributed by atoms with E-state index in [0.717, 1.165) is 12.8 Å². The molecule has 2 atom stereocenters. The third-order valence-corrected chi connectivity index (χ3v) is 4.18. The largest absolute Gasteiger partial charge is 0.444 e. The summed E-state index contributed by atoms with van der Waals surface area (Å²) in [6, 6.07) is -0.139. The maximum Gasteiger partial charge on any atom is 0.407 e. The fourth-order valence-electron chi connectivity index (χ4n) is 3.06. The van der Waals surface area contributed by atoms with Gasteiger partial charge < -0.3 is 15.0 Å². The van der Waals surface area contributed by atoms with Gasteiger partial charge in [0, 0.05) is 25.6 Å². The molecule has 0 heterocycles. The van der Waals surface area contributed by atoms with Crippen LogP contribution >= 0.6 is 0 Å². The third kappa shape index (κ3) is 6.24. The van der Waals surface area contributed by atoms with Crippen LogP contribution in [0, 0.1) is 11.8 Å². The molecular weight excluding hydrogens is 280 g/mol. The molecule has 0 bridgehead atoms. The summed E-state index contributed by atoms with van der Waals surface area (Å²) < 4.78 is 5.23. The molecule has 5 nitrogen and oxygen atoms in total. The molecule has 1 rings (SSSR count). The fourth-order valence-corrected chi connectivity index (χ4v) is 3.06. The maximum atomic E-state index is 12.5. The molecular formula is C17H32N2O3. The van der Waals surface area contributed by atoms with Crippen LogP contribution in [0.25, 0.3) is 0 Å². The summed E-state index contributed by atoms with van der Waals surface area (Å²) in [4.78, 5) is 25.9. The number of carbonyl (C=O) groups is 2. The van der Waals surface area contributed by atoms with Crippen molar-refractivity contribution in [1.29, 1.82) is 0 Å². The van der Waals surface area contributed by atoms with Gasteiger partial charge in [0.2, 0.25) is 5.91 Å². The maximum absolute atomic E-state index is 12.5. The lowest BCUT2D eigenvalue weighted by Crippen LogP contribution is -2.46. The van der Waals surface area contributed by atoms with Gasteiger partial charge in [0.15, 0.2) is 0 Å². The molecule has 2 amide bonds. The van der Waals surface area contributed by atoms with E-state index in [1.807, 2.05) is 34.6 Å². The summed E-state index contributed by atoms with van der Waals surface area (Å²) in [5.74, 6) is 0.759. The fraction of sp³-hybridized carbons (Fsp3) is 0.882. The quantitative estimate of drug-likeness (QED) is 0.848. The Hall–Kier alpha value is -1.26. The summed E-state index contributed by atoms with van der Waals surface area (Å²) in [5.41, 5.74) is -0.511. The zero-order valence-corrected chi connectivity index (χ0v) is 14.9. The van der Waals surface area contributed by atoms with E-state index in [4.69, 9.17) is 4.74 Å². The van der Waals surface area contributed by atoms with E-state index in [1.165, 1.54) is 12.8 Å². The number of alkyl carbamates (subject to hydrolysis) is 1. The highest BCUT2D eigenvalue weighted by Gasteiger charge is 2.29. The molecule has 0 aromatic heterocycles. The topological polar surface area (TPSA) is 58.6 Å². The normalized spacial score (nSPS) is 18.6. The smallest absolute Gasteiger partial charge is 0.407 e. The molecule has 5 heteroatoms. The van der Waals surface area contributed by atoms with E-state index < -0.39 is 11.7 Å². The van der Waals surface area contributed by atoms with Gasteiger partial charge in [-0.1, -0.05) is 19.8 Å². The average Bonchev–Trinajstić information content (AvgIpc) is 2.87. The molecule has 1 aliphatic carbocycles. The van der Waals surface area contributed by atoms with Gasteiger partial charge in [0.1, 0.15) is 5.60 Å². The van der Waals surface area contributed by atoms with Crippen LogP contribution in [-0.4, -0.2) is 42.1 Å². The summed E-state index contributed by atoms with van der Waals surface area (Å²) in [6.45, 7) is 9.90. The van der Waals surface area contributed by atoms with E-state index in [1.54, 1.807) is 11.9 Å². The van der Waals surface area contributed by atoms with Crippen molar-refractivity contribution in [3.63, 3.8) is 0 Å². The van der Waals surface area contributed by atoms with E-state index in [9.17, 15) is 9.59 Å². The van der Waals surface area contributed by atoms with Gasteiger partial charge in [-0.3, -0.25) is 4.79 Å². The van der Waals surface area contributed by atoms with Crippen molar-refractivity contribution in [2.24, 2.45) is 11.8 Å². The summed E-state index contributed by atoms with van der Waals surface area (Å²) in [7, 11) is 1.81. The average molecular weight is 312 g/mol. The molecule has 0 spiro atoms. The second-order valence-corrected chi connectivity index (χ2v) is 7.60. The molecule has 2 unspecified atom stereocenters. The van der Waals surface area contributed by atoms with Gasteiger partial charge in [-0.15, -0.1) is 0 Å². The molecule has 0 saturated heterocycles. The lowest BCUT2D eigenvalue weighted by atomic mass is 9.91. The summed E-state index contributed by atoms with van der Waals surface area (Å²) in [5, 5.41) is 2.78. The summed E-state index contributed by atoms with van der Waals surface area (Å²) in [6.07, 6.45) is 4.36. The molecule has 1 N–H and O–H groups in total. The zero-order chi connectivity index (χ0) is 16.9. The van der Waals surface area contributed by atoms with Gasteiger partial charge >= 0.3 is 6.09 Å². The van der Waals surface area contributed by atoms with Crippen LogP contribution in [0.1, 0.15) is 60.3 Å². The lowest BCUT2D eigenvalue weighted by molar-refractivity contribution is -0.135. The SMILES string of the molecule is CC(CN(C)C(=O)C(C)C1CCCC1)NC(=O)OC(C)(C)C. The van der Waals surface area contributed by atoms with Crippen LogP contribution in [0.5, 0.6) is 0 Å². The minimum Gasteiger partial charge on any atom is -0.444 e. The first kappa shape index (κ1) is 18.8. The zero-order valence-electron chi connectivity index (χ0n) is 14.9. The first-order valence-corrected chi connectivity index (χ1v) is 8.34. The Morgan fingerprint density at radius 3 is 2.27 bits per heavy atom. The molecule has 0 aliphatic heterocycles. The first-order chi connectivity index (χ1) is 10.1. The Morgan fingerprint density at radius 1 is 1.23 bits per heavy atom. The van der Waals surface area contributed by atoms with Gasteiger partial charge in [0.05, 0.1) is 0 Å². The van der Waals surface area contributed by atoms with Crippen LogP contribution in [-0.2, 0) is 9.53 Å². The van der Waals surface area contributed by atoms with Crippen LogP contribution in [0.15, 0.2) is 0 Å². The molecule has 0 radical (unpaired) electrons. The molecule has 0 aromatic rings. The number of carbonyl (C=O) groups excluding carboxylic acids is 2. The third-order valence-electron chi connectivity index (χ3n) is 4.18. The van der Waals surface area contributed by atoms with Crippen molar-refractivity contribution >= 4 is 12.0 Å². The Balaban J connectivity index is 2.40. The van der Waals surface area contributed by atoms with Gasteiger partial charge in [0.25, 0.3) is 0 Å². The van der Waals surface area contributed by atoms with Crippen LogP contribution in [0.4, 0.5) is 4.79 Å². The Labute approximate surface area is 134 Å². The molecule has 1 fully saturated rings. The van der Waals surface area contributed by atoms with Crippen molar-refractivity contribution in [3.8, 4) is 0 Å². The highest BCUT2D eigenvalue weighted by atomic mass is 16.6. The van der Waals surface area contributed by atoms with E-state index in [2.05, 4.69) is 5.32 Å². The predicted octanol–water partition coefficient (Wildman–Crippen LogP) is 3.18. The number of ether oxygens (including phenoxy) is 1. The molecule has 22 heavy (non-hydrogen) atoms. The van der Waals surface area contributed by atoms with Crippen molar-refractivity contribution in [3.05, 3.63) is 0 Å². The molecule has 128 valence electrons.